The van der Waals surface area contributed by atoms with Gasteiger partial charge in [-0.2, -0.15) is 13.2 Å². The van der Waals surface area contributed by atoms with Gasteiger partial charge < -0.3 is 10.4 Å². The smallest absolute Gasteiger partial charge is 0.471 e. The molecule has 0 fully saturated rings. The zero-order chi connectivity index (χ0) is 18.8. The van der Waals surface area contributed by atoms with Crippen LogP contribution in [0.5, 0.6) is 0 Å². The summed E-state index contributed by atoms with van der Waals surface area (Å²) in [7, 11) is 0. The third-order valence-corrected chi connectivity index (χ3v) is 4.18. The number of carboxylic acids is 1. The van der Waals surface area contributed by atoms with Crippen LogP contribution in [0, 0.1) is 0 Å². The van der Waals surface area contributed by atoms with E-state index in [9.17, 15) is 27.9 Å². The number of halogens is 3. The van der Waals surface area contributed by atoms with E-state index in [2.05, 4.69) is 6.58 Å². The molecule has 0 spiro atoms. The van der Waals surface area contributed by atoms with E-state index in [0.29, 0.717) is 5.56 Å². The quantitative estimate of drug-likeness (QED) is 0.811. The molecule has 1 amide bonds. The number of amides is 1. The van der Waals surface area contributed by atoms with Crippen LogP contribution in [0.15, 0.2) is 55.1 Å². The average Bonchev–Trinajstić information content (AvgIpc) is 2.57. The van der Waals surface area contributed by atoms with Crippen molar-refractivity contribution in [2.45, 2.75) is 24.6 Å². The van der Waals surface area contributed by atoms with Gasteiger partial charge in [0.05, 0.1) is 0 Å². The summed E-state index contributed by atoms with van der Waals surface area (Å²) in [6.07, 6.45) is -3.95. The number of aliphatic carboxylic acids is 1. The molecule has 0 aliphatic carbocycles. The van der Waals surface area contributed by atoms with Crippen molar-refractivity contribution in [2.24, 2.45) is 0 Å². The van der Waals surface area contributed by atoms with Crippen LogP contribution in [0.1, 0.15) is 12.5 Å². The van der Waals surface area contributed by atoms with Crippen molar-refractivity contribution in [1.29, 1.82) is 0 Å². The van der Waals surface area contributed by atoms with Gasteiger partial charge in [0.2, 0.25) is 0 Å². The SMILES string of the molecule is C=C[C@@](C)(c1ccc2ccccc2c1)[C@H](NC(=O)C(F)(F)F)C(=O)O. The van der Waals surface area contributed by atoms with Gasteiger partial charge in [0.15, 0.2) is 0 Å². The minimum absolute atomic E-state index is 0.427. The molecule has 7 heteroatoms. The fraction of sp³-hybridized carbons (Fsp3) is 0.222. The predicted octanol–water partition coefficient (Wildman–Crippen LogP) is 3.42. The molecule has 0 heterocycles. The van der Waals surface area contributed by atoms with Crippen LogP contribution in [-0.4, -0.2) is 29.2 Å². The minimum Gasteiger partial charge on any atom is -0.480 e. The summed E-state index contributed by atoms with van der Waals surface area (Å²) >= 11 is 0. The number of carbonyl (C=O) groups is 2. The van der Waals surface area contributed by atoms with Gasteiger partial charge in [0, 0.05) is 5.41 Å². The molecule has 4 nitrogen and oxygen atoms in total. The highest BCUT2D eigenvalue weighted by Gasteiger charge is 2.46. The van der Waals surface area contributed by atoms with Crippen molar-refractivity contribution in [2.75, 3.05) is 0 Å². The minimum atomic E-state index is -5.18. The number of carboxylic acid groups (broad SMARTS) is 1. The maximum Gasteiger partial charge on any atom is 0.471 e. The molecule has 2 aromatic rings. The number of alkyl halides is 3. The van der Waals surface area contributed by atoms with E-state index in [1.165, 1.54) is 13.0 Å². The molecular weight excluding hydrogens is 335 g/mol. The first-order valence-corrected chi connectivity index (χ1v) is 7.33. The van der Waals surface area contributed by atoms with Crippen LogP contribution < -0.4 is 5.32 Å². The van der Waals surface area contributed by atoms with E-state index in [1.54, 1.807) is 35.6 Å². The summed E-state index contributed by atoms with van der Waals surface area (Å²) in [6, 6.07) is 10.5. The second kappa shape index (κ2) is 6.58. The summed E-state index contributed by atoms with van der Waals surface area (Å²) in [5.74, 6) is -3.90. The molecule has 0 unspecified atom stereocenters. The Bertz CT molecular complexity index is 832. The molecule has 0 aliphatic rings. The van der Waals surface area contributed by atoms with Gasteiger partial charge in [-0.1, -0.05) is 48.5 Å². The predicted molar refractivity (Wildman–Crippen MR) is 87.1 cm³/mol. The number of nitrogens with one attached hydrogen (secondary N) is 1. The normalized spacial score (nSPS) is 15.2. The highest BCUT2D eigenvalue weighted by molar-refractivity contribution is 5.89. The Kier molecular flexibility index (Phi) is 4.87. The van der Waals surface area contributed by atoms with Crippen molar-refractivity contribution < 1.29 is 27.9 Å². The number of hydrogen-bond acceptors (Lipinski definition) is 2. The van der Waals surface area contributed by atoms with Gasteiger partial charge in [0.1, 0.15) is 6.04 Å². The van der Waals surface area contributed by atoms with Crippen LogP contribution in [0.3, 0.4) is 0 Å². The van der Waals surface area contributed by atoms with Crippen LogP contribution in [0.4, 0.5) is 13.2 Å². The van der Waals surface area contributed by atoms with E-state index < -0.39 is 29.5 Å². The first kappa shape index (κ1) is 18.5. The molecule has 2 rings (SSSR count). The number of fused-ring (bicyclic) bond motifs is 1. The van der Waals surface area contributed by atoms with Gasteiger partial charge in [-0.25, -0.2) is 4.79 Å². The van der Waals surface area contributed by atoms with Crippen LogP contribution >= 0.6 is 0 Å². The summed E-state index contributed by atoms with van der Waals surface area (Å²) in [5.41, 5.74) is -1.02. The zero-order valence-corrected chi connectivity index (χ0v) is 13.3. The molecule has 25 heavy (non-hydrogen) atoms. The molecule has 0 saturated carbocycles. The Balaban J connectivity index is 2.51. The van der Waals surface area contributed by atoms with Gasteiger partial charge in [-0.3, -0.25) is 4.79 Å². The van der Waals surface area contributed by atoms with E-state index in [0.717, 1.165) is 10.8 Å². The molecule has 2 N–H and O–H groups in total. The molecular formula is C18H16F3NO3. The van der Waals surface area contributed by atoms with E-state index >= 15 is 0 Å². The summed E-state index contributed by atoms with van der Waals surface area (Å²) in [4.78, 5) is 22.8. The summed E-state index contributed by atoms with van der Waals surface area (Å²) in [5, 5.41) is 12.6. The molecule has 2 aromatic carbocycles. The van der Waals surface area contributed by atoms with Crippen molar-refractivity contribution in [1.82, 2.24) is 5.32 Å². The lowest BCUT2D eigenvalue weighted by molar-refractivity contribution is -0.176. The highest BCUT2D eigenvalue weighted by Crippen LogP contribution is 2.32. The monoisotopic (exact) mass is 351 g/mol. The lowest BCUT2D eigenvalue weighted by Crippen LogP contribution is -2.55. The molecule has 132 valence electrons. The fourth-order valence-corrected chi connectivity index (χ4v) is 2.61. The van der Waals surface area contributed by atoms with E-state index in [-0.39, 0.29) is 0 Å². The summed E-state index contributed by atoms with van der Waals surface area (Å²) in [6.45, 7) is 4.98. The first-order valence-electron chi connectivity index (χ1n) is 7.33. The topological polar surface area (TPSA) is 66.4 Å². The molecule has 2 atom stereocenters. The fourth-order valence-electron chi connectivity index (χ4n) is 2.61. The molecule has 0 bridgehead atoms. The molecule has 0 radical (unpaired) electrons. The number of carbonyl (C=O) groups excluding carboxylic acids is 1. The third kappa shape index (κ3) is 3.65. The van der Waals surface area contributed by atoms with Gasteiger partial charge in [0.25, 0.3) is 0 Å². The van der Waals surface area contributed by atoms with Gasteiger partial charge >= 0.3 is 18.1 Å². The Morgan fingerprint density at radius 3 is 2.28 bits per heavy atom. The number of hydrogen-bond donors (Lipinski definition) is 2. The Morgan fingerprint density at radius 2 is 1.76 bits per heavy atom. The van der Waals surface area contributed by atoms with Crippen molar-refractivity contribution in [3.05, 3.63) is 60.7 Å². The molecule has 0 aromatic heterocycles. The van der Waals surface area contributed by atoms with Gasteiger partial charge in [-0.05, 0) is 23.3 Å². The third-order valence-electron chi connectivity index (χ3n) is 4.18. The largest absolute Gasteiger partial charge is 0.480 e. The Hall–Kier alpha value is -2.83. The van der Waals surface area contributed by atoms with E-state index in [4.69, 9.17) is 0 Å². The Labute approximate surface area is 142 Å². The van der Waals surface area contributed by atoms with Crippen LogP contribution in [-0.2, 0) is 15.0 Å². The van der Waals surface area contributed by atoms with Crippen LogP contribution in [0.25, 0.3) is 10.8 Å². The van der Waals surface area contributed by atoms with Crippen molar-refractivity contribution in [3.63, 3.8) is 0 Å². The van der Waals surface area contributed by atoms with Crippen LogP contribution in [0.2, 0.25) is 0 Å². The maximum absolute atomic E-state index is 12.5. The highest BCUT2D eigenvalue weighted by atomic mass is 19.4. The second-order valence-corrected chi connectivity index (χ2v) is 5.79. The molecule has 0 saturated heterocycles. The Morgan fingerprint density at radius 1 is 1.16 bits per heavy atom. The first-order chi connectivity index (χ1) is 11.6. The lowest BCUT2D eigenvalue weighted by Gasteiger charge is -2.33. The maximum atomic E-state index is 12.5. The van der Waals surface area contributed by atoms with Gasteiger partial charge in [-0.15, -0.1) is 6.58 Å². The molecule has 0 aliphatic heterocycles. The number of benzene rings is 2. The lowest BCUT2D eigenvalue weighted by atomic mass is 9.75. The standard InChI is InChI=1S/C18H16F3NO3/c1-3-17(2,14(15(23)24)22-16(25)18(19,20)21)13-9-8-11-6-4-5-7-12(11)10-13/h3-10,14H,1H2,2H3,(H,22,25)(H,23,24)/t14-,17+/m1/s1. The number of rotatable bonds is 5. The zero-order valence-electron chi connectivity index (χ0n) is 13.3. The van der Waals surface area contributed by atoms with Crippen molar-refractivity contribution in [3.8, 4) is 0 Å². The second-order valence-electron chi connectivity index (χ2n) is 5.79. The van der Waals surface area contributed by atoms with Crippen molar-refractivity contribution >= 4 is 22.6 Å². The average molecular weight is 351 g/mol. The van der Waals surface area contributed by atoms with E-state index in [1.807, 2.05) is 12.1 Å². The summed E-state index contributed by atoms with van der Waals surface area (Å²) < 4.78 is 37.6.